The number of Topliss-reactive ketones (excluding diaryl/α,β-unsaturated/α-hetero) is 1. The van der Waals surface area contributed by atoms with Crippen LogP contribution in [0.1, 0.15) is 80.2 Å². The molecule has 3 heterocycles. The third kappa shape index (κ3) is 10.5. The molecule has 16 heteroatoms. The van der Waals surface area contributed by atoms with Gasteiger partial charge in [0.25, 0.3) is 0 Å². The van der Waals surface area contributed by atoms with Crippen LogP contribution in [0.3, 0.4) is 0 Å². The zero-order chi connectivity index (χ0) is 43.3. The smallest absolute Gasteiger partial charge is 0.410 e. The summed E-state index contributed by atoms with van der Waals surface area (Å²) in [5, 5.41) is 14.6. The van der Waals surface area contributed by atoms with Crippen LogP contribution in [0, 0.1) is 17.8 Å². The van der Waals surface area contributed by atoms with Crippen molar-refractivity contribution in [3.63, 3.8) is 0 Å². The highest BCUT2D eigenvalue weighted by atomic mass is 16.7. The standard InChI is InChI=1S/C42H66N4O12/c1-13-32-42(8)35(43-39(51)58-42)27(5)46(40(52)54-23-29-17-15-14-16-18-29)21-24(2)20-41(7,53-12)36(25(3)33(48)26(4)37(50)56-32)57-38-34(49)31(44(9)10)19-30(55-38)22-45(11)28(6)47/h14-18,24-27,30-32,34-36,38,49H,13,19-23H2,1-12H3,(H,43,51)/t24-,25+,26?,27-,30?,31?,32-,34?,35-,36-,38?,41-,42-/m1/s1. The lowest BCUT2D eigenvalue weighted by Crippen LogP contribution is -2.61. The number of aliphatic hydroxyl groups is 1. The van der Waals surface area contributed by atoms with Crippen LogP contribution in [0.4, 0.5) is 9.59 Å². The van der Waals surface area contributed by atoms with Crippen molar-refractivity contribution in [2.75, 3.05) is 41.3 Å². The van der Waals surface area contributed by atoms with Crippen LogP contribution in [0.15, 0.2) is 30.3 Å². The molecule has 326 valence electrons. The average Bonchev–Trinajstić information content (AvgIpc) is 3.50. The molecule has 3 saturated heterocycles. The van der Waals surface area contributed by atoms with E-state index in [2.05, 4.69) is 5.32 Å². The molecule has 1 aromatic carbocycles. The highest BCUT2D eigenvalue weighted by Crippen LogP contribution is 2.39. The molecule has 58 heavy (non-hydrogen) atoms. The topological polar surface area (TPSA) is 183 Å². The number of benzene rings is 1. The number of amides is 3. The van der Waals surface area contributed by atoms with Crippen molar-refractivity contribution in [2.24, 2.45) is 17.8 Å². The molecule has 3 aliphatic rings. The van der Waals surface area contributed by atoms with E-state index in [1.165, 1.54) is 30.8 Å². The van der Waals surface area contributed by atoms with E-state index in [1.54, 1.807) is 41.7 Å². The van der Waals surface area contributed by atoms with E-state index < -0.39 is 95.8 Å². The predicted molar refractivity (Wildman–Crippen MR) is 212 cm³/mol. The van der Waals surface area contributed by atoms with Gasteiger partial charge in [-0.1, -0.05) is 51.1 Å². The summed E-state index contributed by atoms with van der Waals surface area (Å²) in [7, 11) is 6.83. The molecule has 5 unspecified atom stereocenters. The number of hydrogen-bond acceptors (Lipinski definition) is 13. The molecule has 16 nitrogen and oxygen atoms in total. The molecule has 0 aromatic heterocycles. The van der Waals surface area contributed by atoms with Gasteiger partial charge in [-0.3, -0.25) is 14.4 Å². The van der Waals surface area contributed by atoms with Gasteiger partial charge in [-0.15, -0.1) is 0 Å². The van der Waals surface area contributed by atoms with Crippen molar-refractivity contribution in [3.05, 3.63) is 35.9 Å². The molecule has 3 aliphatic heterocycles. The quantitative estimate of drug-likeness (QED) is 0.209. The molecule has 3 amide bonds. The van der Waals surface area contributed by atoms with Crippen LogP contribution in [-0.2, 0) is 49.4 Å². The number of fused-ring (bicyclic) bond motifs is 1. The number of cyclic esters (lactones) is 1. The normalized spacial score (nSPS) is 36.5. The van der Waals surface area contributed by atoms with E-state index in [-0.39, 0.29) is 44.4 Å². The van der Waals surface area contributed by atoms with Gasteiger partial charge in [-0.05, 0) is 72.5 Å². The third-order valence-electron chi connectivity index (χ3n) is 12.4. The first-order valence-electron chi connectivity index (χ1n) is 20.3. The Morgan fingerprint density at radius 1 is 1.05 bits per heavy atom. The molecule has 13 atom stereocenters. The molecular formula is C42H66N4O12. The van der Waals surface area contributed by atoms with Crippen molar-refractivity contribution >= 4 is 29.8 Å². The molecule has 2 N–H and O–H groups in total. The molecule has 0 saturated carbocycles. The Kier molecular flexibility index (Phi) is 15.7. The van der Waals surface area contributed by atoms with Crippen LogP contribution >= 0.6 is 0 Å². The summed E-state index contributed by atoms with van der Waals surface area (Å²) in [5.41, 5.74) is -1.92. The monoisotopic (exact) mass is 818 g/mol. The molecule has 0 radical (unpaired) electrons. The minimum absolute atomic E-state index is 0.00133. The van der Waals surface area contributed by atoms with Crippen LogP contribution in [0.25, 0.3) is 0 Å². The van der Waals surface area contributed by atoms with Gasteiger partial charge in [0.2, 0.25) is 5.91 Å². The number of aliphatic hydroxyl groups excluding tert-OH is 1. The third-order valence-corrected chi connectivity index (χ3v) is 12.4. The fourth-order valence-electron chi connectivity index (χ4n) is 8.76. The largest absolute Gasteiger partial charge is 0.458 e. The number of likely N-dealkylation sites (N-methyl/N-ethyl adjacent to an activating group) is 2. The van der Waals surface area contributed by atoms with Gasteiger partial charge in [-0.25, -0.2) is 9.59 Å². The minimum atomic E-state index is -1.44. The van der Waals surface area contributed by atoms with E-state index in [0.717, 1.165) is 5.56 Å². The summed E-state index contributed by atoms with van der Waals surface area (Å²) in [5.74, 6) is -4.12. The lowest BCUT2D eigenvalue weighted by molar-refractivity contribution is -0.298. The number of hydrogen-bond donors (Lipinski definition) is 2. The van der Waals surface area contributed by atoms with Gasteiger partial charge in [0.15, 0.2) is 17.7 Å². The van der Waals surface area contributed by atoms with Gasteiger partial charge < -0.3 is 53.5 Å². The number of alkyl carbamates (subject to hydrolysis) is 1. The molecule has 4 rings (SSSR count). The zero-order valence-corrected chi connectivity index (χ0v) is 36.3. The minimum Gasteiger partial charge on any atom is -0.458 e. The number of nitrogens with one attached hydrogen (secondary N) is 1. The Bertz CT molecular complexity index is 1600. The van der Waals surface area contributed by atoms with E-state index in [4.69, 9.17) is 28.4 Å². The Labute approximate surface area is 343 Å². The Balaban J connectivity index is 1.79. The van der Waals surface area contributed by atoms with Gasteiger partial charge in [0.05, 0.1) is 29.9 Å². The van der Waals surface area contributed by atoms with Crippen molar-refractivity contribution in [1.82, 2.24) is 20.0 Å². The summed E-state index contributed by atoms with van der Waals surface area (Å²) in [6.07, 6.45) is -5.56. The number of esters is 1. The van der Waals surface area contributed by atoms with E-state index >= 15 is 0 Å². The number of methoxy groups -OCH3 is 1. The Morgan fingerprint density at radius 3 is 2.29 bits per heavy atom. The fraction of sp³-hybridized carbons (Fsp3) is 0.738. The SMILES string of the molecule is CC[C@H]1OC(=O)C(C)C(=O)[C@H](C)[C@@H](OC2OC(CN(C)C(C)=O)CC(N(C)C)C2O)[C@](C)(OC)C[C@@H](C)CN(C(=O)OCc2ccccc2)[C@H](C)[C@H]2NC(=O)O[C@@]21C. The lowest BCUT2D eigenvalue weighted by atomic mass is 9.78. The fourth-order valence-corrected chi connectivity index (χ4v) is 8.76. The Morgan fingerprint density at radius 2 is 1.71 bits per heavy atom. The number of ketones is 1. The zero-order valence-electron chi connectivity index (χ0n) is 36.3. The van der Waals surface area contributed by atoms with Crippen molar-refractivity contribution in [1.29, 1.82) is 0 Å². The second kappa shape index (κ2) is 19.5. The molecule has 0 spiro atoms. The van der Waals surface area contributed by atoms with Gasteiger partial charge in [0.1, 0.15) is 24.7 Å². The number of carbonyl (C=O) groups excluding carboxylic acids is 5. The van der Waals surface area contributed by atoms with Crippen LogP contribution in [0.2, 0.25) is 0 Å². The first kappa shape index (κ1) is 46.9. The summed E-state index contributed by atoms with van der Waals surface area (Å²) >= 11 is 0. The highest BCUT2D eigenvalue weighted by molar-refractivity contribution is 6.00. The second-order valence-electron chi connectivity index (χ2n) is 17.0. The lowest BCUT2D eigenvalue weighted by Gasteiger charge is -2.47. The van der Waals surface area contributed by atoms with Crippen molar-refractivity contribution < 1.29 is 57.5 Å². The first-order chi connectivity index (χ1) is 27.2. The van der Waals surface area contributed by atoms with Crippen molar-refractivity contribution in [2.45, 2.75) is 141 Å². The number of nitrogens with zero attached hydrogens (tertiary/aromatic N) is 3. The molecule has 0 bridgehead atoms. The van der Waals surface area contributed by atoms with Gasteiger partial charge in [0, 0.05) is 46.1 Å². The predicted octanol–water partition coefficient (Wildman–Crippen LogP) is 3.76. The van der Waals surface area contributed by atoms with E-state index in [1.807, 2.05) is 56.3 Å². The Hall–Kier alpha value is -3.83. The van der Waals surface area contributed by atoms with Crippen LogP contribution in [-0.4, -0.2) is 151 Å². The highest BCUT2D eigenvalue weighted by Gasteiger charge is 2.57. The summed E-state index contributed by atoms with van der Waals surface area (Å²) in [6.45, 7) is 13.8. The number of ether oxygens (including phenoxy) is 6. The van der Waals surface area contributed by atoms with Crippen molar-refractivity contribution in [3.8, 4) is 0 Å². The maximum Gasteiger partial charge on any atom is 0.410 e. The second-order valence-corrected chi connectivity index (χ2v) is 17.0. The molecule has 0 aliphatic carbocycles. The first-order valence-corrected chi connectivity index (χ1v) is 20.3. The average molecular weight is 819 g/mol. The van der Waals surface area contributed by atoms with Crippen LogP contribution in [0.5, 0.6) is 0 Å². The summed E-state index contributed by atoms with van der Waals surface area (Å²) < 4.78 is 37.2. The van der Waals surface area contributed by atoms with Gasteiger partial charge in [-0.2, -0.15) is 0 Å². The number of carbonyl (C=O) groups is 5. The van der Waals surface area contributed by atoms with Crippen LogP contribution < -0.4 is 5.32 Å². The maximum atomic E-state index is 14.4. The molecule has 1 aromatic rings. The summed E-state index contributed by atoms with van der Waals surface area (Å²) in [6, 6.07) is 7.24. The molecule has 3 fully saturated rings. The maximum absolute atomic E-state index is 14.4. The number of rotatable bonds is 9. The molecular weight excluding hydrogens is 752 g/mol. The van der Waals surface area contributed by atoms with E-state index in [0.29, 0.717) is 6.42 Å². The van der Waals surface area contributed by atoms with E-state index in [9.17, 15) is 29.1 Å². The van der Waals surface area contributed by atoms with Gasteiger partial charge >= 0.3 is 18.2 Å². The summed E-state index contributed by atoms with van der Waals surface area (Å²) in [4.78, 5) is 72.6.